The zero-order valence-corrected chi connectivity index (χ0v) is 7.63. The molecule has 0 aliphatic carbocycles. The Kier molecular flexibility index (Phi) is 2.54. The maximum atomic E-state index is 10.3. The van der Waals surface area contributed by atoms with Crippen LogP contribution in [0.4, 0.5) is 5.69 Å². The van der Waals surface area contributed by atoms with E-state index in [1.165, 1.54) is 12.3 Å². The zero-order valence-electron chi connectivity index (χ0n) is 6.04. The molecule has 0 aliphatic heterocycles. The smallest absolute Gasteiger partial charge is 0.168 e. The number of hydrogen-bond donors (Lipinski definition) is 2. The van der Waals surface area contributed by atoms with Crippen molar-refractivity contribution in [3.8, 4) is 0 Å². The van der Waals surface area contributed by atoms with Crippen molar-refractivity contribution in [3.05, 3.63) is 22.4 Å². The molecule has 12 heavy (non-hydrogen) atoms. The summed E-state index contributed by atoms with van der Waals surface area (Å²) in [6.45, 7) is 0. The number of carbonyl (C=O) groups is 1. The van der Waals surface area contributed by atoms with E-state index in [0.717, 1.165) is 0 Å². The van der Waals surface area contributed by atoms with Crippen LogP contribution in [0.15, 0.2) is 16.9 Å². The Morgan fingerprint density at radius 3 is 3.00 bits per heavy atom. The third-order valence-electron chi connectivity index (χ3n) is 1.31. The molecule has 0 bridgehead atoms. The van der Waals surface area contributed by atoms with Crippen LogP contribution in [0.25, 0.3) is 0 Å². The molecule has 62 valence electrons. The summed E-state index contributed by atoms with van der Waals surface area (Å²) in [4.78, 5) is 14.1. The maximum Gasteiger partial charge on any atom is 0.168 e. The summed E-state index contributed by atoms with van der Waals surface area (Å²) < 4.78 is 0.554. The number of nitrogens with two attached hydrogens (primary N) is 1. The average Bonchev–Trinajstić information content (AvgIpc) is 2.08. The average molecular weight is 228 g/mol. The van der Waals surface area contributed by atoms with E-state index in [9.17, 15) is 4.79 Å². The number of halogens is 1. The minimum Gasteiger partial charge on any atom is -0.397 e. The second kappa shape index (κ2) is 3.44. The third-order valence-corrected chi connectivity index (χ3v) is 1.74. The fraction of sp³-hybridized carbons (Fsp3) is 0. The van der Waals surface area contributed by atoms with Gasteiger partial charge < -0.3 is 5.73 Å². The number of pyridine rings is 1. The van der Waals surface area contributed by atoms with Gasteiger partial charge in [-0.05, 0) is 22.0 Å². The molecule has 3 N–H and O–H groups in total. The fourth-order valence-electron chi connectivity index (χ4n) is 0.737. The molecule has 0 amide bonds. The lowest BCUT2D eigenvalue weighted by atomic mass is 10.1. The van der Waals surface area contributed by atoms with Crippen molar-refractivity contribution in [1.29, 1.82) is 5.41 Å². The summed E-state index contributed by atoms with van der Waals surface area (Å²) >= 11 is 3.11. The molecule has 5 heteroatoms. The highest BCUT2D eigenvalue weighted by Gasteiger charge is 2.05. The first-order valence-corrected chi connectivity index (χ1v) is 3.89. The number of rotatable bonds is 2. The van der Waals surface area contributed by atoms with Crippen molar-refractivity contribution in [2.24, 2.45) is 0 Å². The predicted molar refractivity (Wildman–Crippen MR) is 49.2 cm³/mol. The molecule has 0 radical (unpaired) electrons. The number of hydrogen-bond acceptors (Lipinski definition) is 4. The van der Waals surface area contributed by atoms with Crippen molar-refractivity contribution in [3.63, 3.8) is 0 Å². The molecule has 1 rings (SSSR count). The molecule has 1 aromatic heterocycles. The van der Waals surface area contributed by atoms with Gasteiger partial charge in [0, 0.05) is 5.56 Å². The fourth-order valence-corrected chi connectivity index (χ4v) is 1.07. The monoisotopic (exact) mass is 227 g/mol. The number of nitrogens with one attached hydrogen (secondary N) is 1. The van der Waals surface area contributed by atoms with Gasteiger partial charge in [-0.2, -0.15) is 0 Å². The maximum absolute atomic E-state index is 10.3. The summed E-state index contributed by atoms with van der Waals surface area (Å²) in [5, 5.41) is 7.22. The summed E-state index contributed by atoms with van der Waals surface area (Å²) in [6.07, 6.45) is 1.84. The van der Waals surface area contributed by atoms with Gasteiger partial charge in [0.2, 0.25) is 0 Å². The van der Waals surface area contributed by atoms with E-state index in [1.54, 1.807) is 0 Å². The molecule has 0 atom stereocenters. The second-order valence-electron chi connectivity index (χ2n) is 2.13. The highest BCUT2D eigenvalue weighted by Crippen LogP contribution is 2.14. The van der Waals surface area contributed by atoms with Crippen LogP contribution in [-0.4, -0.2) is 17.0 Å². The lowest BCUT2D eigenvalue weighted by Gasteiger charge is -2.01. The number of aromatic nitrogens is 1. The van der Waals surface area contributed by atoms with Gasteiger partial charge in [0.1, 0.15) is 10.3 Å². The molecule has 0 spiro atoms. The predicted octanol–water partition coefficient (Wildman–Crippen LogP) is 0.993. The summed E-state index contributed by atoms with van der Waals surface area (Å²) in [7, 11) is 0. The molecule has 1 heterocycles. The van der Waals surface area contributed by atoms with E-state index in [2.05, 4.69) is 20.9 Å². The number of aldehydes is 1. The molecule has 0 saturated carbocycles. The van der Waals surface area contributed by atoms with Crippen molar-refractivity contribution in [2.45, 2.75) is 0 Å². The van der Waals surface area contributed by atoms with Gasteiger partial charge in [0.25, 0.3) is 0 Å². The highest BCUT2D eigenvalue weighted by atomic mass is 79.9. The lowest BCUT2D eigenvalue weighted by Crippen LogP contribution is -2.05. The standard InChI is InChI=1S/C7H6BrN3O/c8-7-1-4(6(10)3-12)5(9)2-11-7/h1-3,10H,9H2. The molecule has 0 unspecified atom stereocenters. The SMILES string of the molecule is N=C(C=O)c1cc(Br)ncc1N. The highest BCUT2D eigenvalue weighted by molar-refractivity contribution is 9.10. The molecule has 0 aliphatic rings. The quantitative estimate of drug-likeness (QED) is 0.450. The van der Waals surface area contributed by atoms with Gasteiger partial charge in [0.15, 0.2) is 6.29 Å². The van der Waals surface area contributed by atoms with Crippen molar-refractivity contribution >= 4 is 33.6 Å². The normalized spacial score (nSPS) is 9.42. The van der Waals surface area contributed by atoms with Crippen LogP contribution in [-0.2, 0) is 4.79 Å². The van der Waals surface area contributed by atoms with E-state index in [1.807, 2.05) is 0 Å². The molecular weight excluding hydrogens is 222 g/mol. The first-order chi connectivity index (χ1) is 5.65. The van der Waals surface area contributed by atoms with Gasteiger partial charge in [0.05, 0.1) is 11.9 Å². The van der Waals surface area contributed by atoms with Gasteiger partial charge >= 0.3 is 0 Å². The summed E-state index contributed by atoms with van der Waals surface area (Å²) in [5.74, 6) is 0. The van der Waals surface area contributed by atoms with Crippen LogP contribution < -0.4 is 5.73 Å². The lowest BCUT2D eigenvalue weighted by molar-refractivity contribution is -0.102. The van der Waals surface area contributed by atoms with Gasteiger partial charge in [-0.3, -0.25) is 10.2 Å². The number of nitrogen functional groups attached to an aromatic ring is 1. The topological polar surface area (TPSA) is 79.8 Å². The number of nitrogens with zero attached hydrogens (tertiary/aromatic N) is 1. The Morgan fingerprint density at radius 1 is 1.75 bits per heavy atom. The van der Waals surface area contributed by atoms with E-state index >= 15 is 0 Å². The van der Waals surface area contributed by atoms with Gasteiger partial charge in [-0.25, -0.2) is 4.98 Å². The minimum absolute atomic E-state index is 0.143. The summed E-state index contributed by atoms with van der Waals surface area (Å²) in [6, 6.07) is 1.53. The van der Waals surface area contributed by atoms with Gasteiger partial charge in [-0.15, -0.1) is 0 Å². The van der Waals surface area contributed by atoms with Crippen molar-refractivity contribution < 1.29 is 4.79 Å². The molecule has 4 nitrogen and oxygen atoms in total. The van der Waals surface area contributed by atoms with Crippen LogP contribution in [0, 0.1) is 5.41 Å². The zero-order chi connectivity index (χ0) is 9.14. The van der Waals surface area contributed by atoms with Crippen molar-refractivity contribution in [1.82, 2.24) is 4.98 Å². The third kappa shape index (κ3) is 1.68. The van der Waals surface area contributed by atoms with Crippen LogP contribution in [0.5, 0.6) is 0 Å². The van der Waals surface area contributed by atoms with E-state index in [-0.39, 0.29) is 5.71 Å². The Morgan fingerprint density at radius 2 is 2.42 bits per heavy atom. The molecule has 1 aromatic rings. The van der Waals surface area contributed by atoms with E-state index < -0.39 is 0 Å². The summed E-state index contributed by atoms with van der Waals surface area (Å²) in [5.41, 5.74) is 6.06. The van der Waals surface area contributed by atoms with E-state index in [4.69, 9.17) is 11.1 Å². The van der Waals surface area contributed by atoms with Crippen LogP contribution in [0.3, 0.4) is 0 Å². The first kappa shape index (κ1) is 8.86. The molecule has 0 aromatic carbocycles. The van der Waals surface area contributed by atoms with Crippen molar-refractivity contribution in [2.75, 3.05) is 5.73 Å². The van der Waals surface area contributed by atoms with Crippen LogP contribution in [0.2, 0.25) is 0 Å². The molecule has 0 saturated heterocycles. The number of carbonyl (C=O) groups excluding carboxylic acids is 1. The Balaban J connectivity index is 3.22. The minimum atomic E-state index is -0.143. The molecular formula is C7H6BrN3O. The van der Waals surface area contributed by atoms with Gasteiger partial charge in [-0.1, -0.05) is 0 Å². The second-order valence-corrected chi connectivity index (χ2v) is 2.94. The molecule has 0 fully saturated rings. The van der Waals surface area contributed by atoms with E-state index in [0.29, 0.717) is 22.1 Å². The van der Waals surface area contributed by atoms with Crippen LogP contribution in [0.1, 0.15) is 5.56 Å². The van der Waals surface area contributed by atoms with Crippen LogP contribution >= 0.6 is 15.9 Å². The first-order valence-electron chi connectivity index (χ1n) is 3.10. The number of anilines is 1. The Bertz CT molecular complexity index is 337. The largest absolute Gasteiger partial charge is 0.397 e. The Hall–Kier alpha value is -1.23. The Labute approximate surface area is 77.4 Å².